The van der Waals surface area contributed by atoms with Gasteiger partial charge in [0.25, 0.3) is 5.69 Å². The fourth-order valence-electron chi connectivity index (χ4n) is 5.23. The topological polar surface area (TPSA) is 134 Å². The molecule has 1 aliphatic carbocycles. The number of carbonyl (C=O) groups excluding carboxylic acids is 3. The summed E-state index contributed by atoms with van der Waals surface area (Å²) >= 11 is 0. The SMILES string of the molecule is COC(=O)C1=C(c2ccccc2)[C@@]2(c3ccccc3)ON=C(c3ccc([N+](=O)[O-])cc3)[C@@]2(C(=O)OC)C1=O. The van der Waals surface area contributed by atoms with Gasteiger partial charge >= 0.3 is 11.9 Å². The molecule has 0 spiro atoms. The highest BCUT2D eigenvalue weighted by atomic mass is 16.7. The molecule has 3 aromatic carbocycles. The monoisotopic (exact) mass is 512 g/mol. The lowest BCUT2D eigenvalue weighted by atomic mass is 9.63. The Hall–Kier alpha value is -5.12. The van der Waals surface area contributed by atoms with Crippen LogP contribution in [0.1, 0.15) is 16.7 Å². The summed E-state index contributed by atoms with van der Waals surface area (Å²) in [5, 5.41) is 15.5. The Balaban J connectivity index is 1.90. The number of oxime groups is 1. The summed E-state index contributed by atoms with van der Waals surface area (Å²) in [5.74, 6) is -2.91. The van der Waals surface area contributed by atoms with Gasteiger partial charge in [0.1, 0.15) is 11.3 Å². The van der Waals surface area contributed by atoms with Gasteiger partial charge in [-0.15, -0.1) is 0 Å². The van der Waals surface area contributed by atoms with Gasteiger partial charge in [0.15, 0.2) is 5.78 Å². The van der Waals surface area contributed by atoms with E-state index >= 15 is 0 Å². The number of ketones is 1. The molecule has 3 aromatic rings. The van der Waals surface area contributed by atoms with E-state index < -0.39 is 33.7 Å². The van der Waals surface area contributed by atoms with E-state index in [1.165, 1.54) is 24.3 Å². The van der Waals surface area contributed by atoms with Crippen LogP contribution in [0.3, 0.4) is 0 Å². The molecule has 1 aliphatic heterocycles. The summed E-state index contributed by atoms with van der Waals surface area (Å²) in [7, 11) is 2.25. The first-order valence-corrected chi connectivity index (χ1v) is 11.4. The molecule has 190 valence electrons. The third-order valence-electron chi connectivity index (χ3n) is 6.80. The zero-order valence-corrected chi connectivity index (χ0v) is 20.2. The van der Waals surface area contributed by atoms with Gasteiger partial charge in [-0.3, -0.25) is 19.7 Å². The highest BCUT2D eigenvalue weighted by molar-refractivity contribution is 6.44. The Labute approximate surface area is 216 Å². The maximum absolute atomic E-state index is 14.5. The first-order valence-electron chi connectivity index (χ1n) is 11.4. The molecule has 0 saturated heterocycles. The van der Waals surface area contributed by atoms with Crippen molar-refractivity contribution in [2.75, 3.05) is 14.2 Å². The molecule has 0 aromatic heterocycles. The molecule has 38 heavy (non-hydrogen) atoms. The van der Waals surface area contributed by atoms with Gasteiger partial charge in [-0.2, -0.15) is 0 Å². The molecule has 0 N–H and O–H groups in total. The van der Waals surface area contributed by atoms with E-state index in [1.54, 1.807) is 60.7 Å². The Morgan fingerprint density at radius 1 is 0.868 bits per heavy atom. The minimum absolute atomic E-state index is 0.0900. The number of fused-ring (bicyclic) bond motifs is 1. The van der Waals surface area contributed by atoms with Crippen molar-refractivity contribution < 1.29 is 33.6 Å². The number of carbonyl (C=O) groups is 3. The summed E-state index contributed by atoms with van der Waals surface area (Å²) in [4.78, 5) is 58.4. The Morgan fingerprint density at radius 2 is 1.47 bits per heavy atom. The zero-order valence-electron chi connectivity index (χ0n) is 20.2. The smallest absolute Gasteiger partial charge is 0.342 e. The molecular formula is C28H20N2O8. The molecule has 2 aliphatic rings. The van der Waals surface area contributed by atoms with Crippen LogP contribution in [0.2, 0.25) is 0 Å². The molecule has 0 radical (unpaired) electrons. The lowest BCUT2D eigenvalue weighted by Crippen LogP contribution is -2.56. The van der Waals surface area contributed by atoms with E-state index in [4.69, 9.17) is 14.3 Å². The number of nitro benzene ring substituents is 1. The van der Waals surface area contributed by atoms with Crippen LogP contribution in [0.4, 0.5) is 5.69 Å². The molecule has 0 fully saturated rings. The number of Topliss-reactive ketones (excluding diaryl/α,β-unsaturated/α-hetero) is 1. The van der Waals surface area contributed by atoms with Gasteiger partial charge in [-0.1, -0.05) is 65.8 Å². The summed E-state index contributed by atoms with van der Waals surface area (Å²) in [6, 6.07) is 22.2. The average Bonchev–Trinajstić information content (AvgIpc) is 3.43. The van der Waals surface area contributed by atoms with Crippen LogP contribution in [-0.4, -0.2) is 42.6 Å². The predicted molar refractivity (Wildman–Crippen MR) is 134 cm³/mol. The fourth-order valence-corrected chi connectivity index (χ4v) is 5.23. The van der Waals surface area contributed by atoms with Crippen LogP contribution in [0.5, 0.6) is 0 Å². The maximum Gasteiger partial charge on any atom is 0.342 e. The van der Waals surface area contributed by atoms with Crippen molar-refractivity contribution in [3.63, 3.8) is 0 Å². The van der Waals surface area contributed by atoms with Crippen molar-refractivity contribution in [3.05, 3.63) is 117 Å². The Bertz CT molecular complexity index is 1530. The lowest BCUT2D eigenvalue weighted by Gasteiger charge is -2.37. The summed E-state index contributed by atoms with van der Waals surface area (Å²) in [6.07, 6.45) is 0. The molecule has 0 unspecified atom stereocenters. The maximum atomic E-state index is 14.5. The van der Waals surface area contributed by atoms with Gasteiger partial charge in [0, 0.05) is 28.8 Å². The van der Waals surface area contributed by atoms with E-state index in [0.717, 1.165) is 14.2 Å². The van der Waals surface area contributed by atoms with E-state index in [2.05, 4.69) is 5.16 Å². The zero-order chi connectivity index (χ0) is 27.1. The highest BCUT2D eigenvalue weighted by Gasteiger charge is 2.79. The van der Waals surface area contributed by atoms with Crippen LogP contribution < -0.4 is 0 Å². The Kier molecular flexibility index (Phi) is 5.87. The van der Waals surface area contributed by atoms with E-state index in [9.17, 15) is 24.5 Å². The number of hydrogen-bond acceptors (Lipinski definition) is 9. The van der Waals surface area contributed by atoms with Crippen LogP contribution in [-0.2, 0) is 34.3 Å². The third-order valence-corrected chi connectivity index (χ3v) is 6.80. The van der Waals surface area contributed by atoms with E-state index in [1.807, 2.05) is 0 Å². The van der Waals surface area contributed by atoms with E-state index in [-0.39, 0.29) is 28.1 Å². The van der Waals surface area contributed by atoms with Gasteiger partial charge in [0.2, 0.25) is 11.0 Å². The quantitative estimate of drug-likeness (QED) is 0.161. The van der Waals surface area contributed by atoms with Crippen molar-refractivity contribution in [1.29, 1.82) is 0 Å². The second kappa shape index (κ2) is 9.07. The fraction of sp³-hybridized carbons (Fsp3) is 0.143. The largest absolute Gasteiger partial charge is 0.468 e. The van der Waals surface area contributed by atoms with Crippen LogP contribution in [0.15, 0.2) is 95.7 Å². The lowest BCUT2D eigenvalue weighted by molar-refractivity contribution is -0.384. The van der Waals surface area contributed by atoms with Gasteiger partial charge < -0.3 is 14.3 Å². The van der Waals surface area contributed by atoms with Gasteiger partial charge in [-0.05, 0) is 17.7 Å². The van der Waals surface area contributed by atoms with E-state index in [0.29, 0.717) is 11.1 Å². The molecule has 2 atom stereocenters. The number of nitro groups is 1. The predicted octanol–water partition coefficient (Wildman–Crippen LogP) is 3.59. The molecule has 5 rings (SSSR count). The molecule has 0 bridgehead atoms. The first-order chi connectivity index (χ1) is 18.3. The van der Waals surface area contributed by atoms with Crippen molar-refractivity contribution in [2.24, 2.45) is 10.6 Å². The second-order valence-corrected chi connectivity index (χ2v) is 8.56. The third kappa shape index (κ3) is 3.13. The number of non-ortho nitro benzene ring substituents is 1. The molecule has 10 nitrogen and oxygen atoms in total. The van der Waals surface area contributed by atoms with Crippen LogP contribution in [0, 0.1) is 15.5 Å². The minimum atomic E-state index is -2.31. The van der Waals surface area contributed by atoms with Gasteiger partial charge in [-0.25, -0.2) is 4.79 Å². The standard InChI is InChI=1S/C28H20N2O8/c1-36-25(32)21-22(17-9-5-3-6-10-17)28(19-11-7-4-8-12-19)27(24(21)31,26(33)37-2)23(29-38-28)18-13-15-20(16-14-18)30(34)35/h3-16H,1-2H3/t27-,28+/m0/s1. The Morgan fingerprint density at radius 3 is 2.03 bits per heavy atom. The number of rotatable bonds is 6. The normalized spacial score (nSPS) is 21.8. The van der Waals surface area contributed by atoms with Crippen LogP contribution in [0.25, 0.3) is 5.57 Å². The summed E-state index contributed by atoms with van der Waals surface area (Å²) < 4.78 is 10.2. The average molecular weight is 512 g/mol. The number of ether oxygens (including phenoxy) is 2. The minimum Gasteiger partial charge on any atom is -0.468 e. The highest BCUT2D eigenvalue weighted by Crippen LogP contribution is 2.64. The van der Waals surface area contributed by atoms with Crippen molar-refractivity contribution in [3.8, 4) is 0 Å². The molecule has 10 heteroatoms. The second-order valence-electron chi connectivity index (χ2n) is 8.56. The molecule has 1 heterocycles. The first kappa shape index (κ1) is 24.6. The number of nitrogens with zero attached hydrogens (tertiary/aromatic N) is 2. The van der Waals surface area contributed by atoms with Gasteiger partial charge in [0.05, 0.1) is 19.1 Å². The molecule has 0 saturated carbocycles. The molecule has 0 amide bonds. The summed E-state index contributed by atoms with van der Waals surface area (Å²) in [6.45, 7) is 0. The number of benzene rings is 3. The summed E-state index contributed by atoms with van der Waals surface area (Å²) in [5.41, 5.74) is -3.94. The van der Waals surface area contributed by atoms with Crippen LogP contribution >= 0.6 is 0 Å². The number of hydrogen-bond donors (Lipinski definition) is 0. The van der Waals surface area contributed by atoms with Crippen molar-refractivity contribution >= 4 is 34.7 Å². The van der Waals surface area contributed by atoms with Crippen molar-refractivity contribution in [2.45, 2.75) is 5.60 Å². The number of methoxy groups -OCH3 is 2. The number of esters is 2. The molecular weight excluding hydrogens is 492 g/mol. The van der Waals surface area contributed by atoms with Crippen molar-refractivity contribution in [1.82, 2.24) is 0 Å².